The molecule has 110 valence electrons. The smallest absolute Gasteiger partial charge is 0.223 e. The summed E-state index contributed by atoms with van der Waals surface area (Å²) < 4.78 is 6.88. The molecule has 0 heterocycles. The van der Waals surface area contributed by atoms with Crippen LogP contribution in [0.2, 0.25) is 0 Å². The fourth-order valence-electron chi connectivity index (χ4n) is 2.05. The van der Waals surface area contributed by atoms with E-state index in [1.165, 1.54) is 12.8 Å². The van der Waals surface area contributed by atoms with E-state index in [9.17, 15) is 4.79 Å². The molecule has 1 fully saturated rings. The van der Waals surface area contributed by atoms with E-state index in [0.717, 1.165) is 27.9 Å². The molecule has 1 saturated carbocycles. The Labute approximate surface area is 128 Å². The highest BCUT2D eigenvalue weighted by atomic mass is 79.9. The standard InChI is InChI=1S/C15H21BrN2O2/c1-10-7-12(16)8-11(9-18-13-3-4-13)15(10)20-6-5-14(19)17-2/h7-8,13,18H,3-6,9H2,1-2H3,(H,17,19). The van der Waals surface area contributed by atoms with Gasteiger partial charge < -0.3 is 15.4 Å². The number of benzene rings is 1. The van der Waals surface area contributed by atoms with E-state index >= 15 is 0 Å². The molecule has 2 N–H and O–H groups in total. The normalized spacial score (nSPS) is 14.2. The number of ether oxygens (including phenoxy) is 1. The van der Waals surface area contributed by atoms with Gasteiger partial charge in [0.2, 0.25) is 5.91 Å². The molecule has 1 aliphatic carbocycles. The summed E-state index contributed by atoms with van der Waals surface area (Å²) in [5, 5.41) is 6.10. The lowest BCUT2D eigenvalue weighted by Gasteiger charge is -2.15. The minimum Gasteiger partial charge on any atom is -0.492 e. The summed E-state index contributed by atoms with van der Waals surface area (Å²) in [4.78, 5) is 11.2. The molecule has 4 nitrogen and oxygen atoms in total. The SMILES string of the molecule is CNC(=O)CCOc1c(C)cc(Br)cc1CNC1CC1. The number of halogens is 1. The minimum absolute atomic E-state index is 0.00239. The van der Waals surface area contributed by atoms with Crippen molar-refractivity contribution >= 4 is 21.8 Å². The maximum absolute atomic E-state index is 11.2. The number of hydrogen-bond acceptors (Lipinski definition) is 3. The maximum atomic E-state index is 11.2. The molecule has 1 amide bonds. The lowest BCUT2D eigenvalue weighted by Crippen LogP contribution is -2.21. The Kier molecular flexibility index (Phi) is 5.43. The molecule has 0 aromatic heterocycles. The molecular weight excluding hydrogens is 320 g/mol. The molecule has 0 atom stereocenters. The van der Waals surface area contributed by atoms with Crippen LogP contribution < -0.4 is 15.4 Å². The van der Waals surface area contributed by atoms with Gasteiger partial charge >= 0.3 is 0 Å². The van der Waals surface area contributed by atoms with Crippen LogP contribution in [0.1, 0.15) is 30.4 Å². The van der Waals surface area contributed by atoms with Gasteiger partial charge in [-0.25, -0.2) is 0 Å². The zero-order valence-corrected chi connectivity index (χ0v) is 13.5. The van der Waals surface area contributed by atoms with E-state index < -0.39 is 0 Å². The molecule has 2 rings (SSSR count). The van der Waals surface area contributed by atoms with Crippen LogP contribution in [0.15, 0.2) is 16.6 Å². The quantitative estimate of drug-likeness (QED) is 0.801. The molecule has 0 spiro atoms. The first-order chi connectivity index (χ1) is 9.60. The van der Waals surface area contributed by atoms with Crippen molar-refractivity contribution in [1.29, 1.82) is 0 Å². The highest BCUT2D eigenvalue weighted by molar-refractivity contribution is 9.10. The van der Waals surface area contributed by atoms with Crippen LogP contribution >= 0.6 is 15.9 Å². The first kappa shape index (κ1) is 15.3. The van der Waals surface area contributed by atoms with Crippen molar-refractivity contribution < 1.29 is 9.53 Å². The fraction of sp³-hybridized carbons (Fsp3) is 0.533. The number of hydrogen-bond donors (Lipinski definition) is 2. The lowest BCUT2D eigenvalue weighted by molar-refractivity contribution is -0.121. The summed E-state index contributed by atoms with van der Waals surface area (Å²) in [7, 11) is 1.64. The van der Waals surface area contributed by atoms with Crippen LogP contribution in [0.5, 0.6) is 5.75 Å². The predicted octanol–water partition coefficient (Wildman–Crippen LogP) is 2.52. The van der Waals surface area contributed by atoms with Crippen LogP contribution in [-0.4, -0.2) is 25.6 Å². The summed E-state index contributed by atoms with van der Waals surface area (Å²) in [5.41, 5.74) is 2.23. The summed E-state index contributed by atoms with van der Waals surface area (Å²) >= 11 is 3.52. The van der Waals surface area contributed by atoms with E-state index in [1.54, 1.807) is 7.05 Å². The topological polar surface area (TPSA) is 50.4 Å². The molecular formula is C15H21BrN2O2. The number of amides is 1. The van der Waals surface area contributed by atoms with Gasteiger partial charge in [0.1, 0.15) is 5.75 Å². The summed E-state index contributed by atoms with van der Waals surface area (Å²) in [6.45, 7) is 3.24. The Hall–Kier alpha value is -1.07. The van der Waals surface area contributed by atoms with Crippen molar-refractivity contribution in [2.45, 2.75) is 38.8 Å². The van der Waals surface area contributed by atoms with Gasteiger partial charge in [0, 0.05) is 29.7 Å². The monoisotopic (exact) mass is 340 g/mol. The van der Waals surface area contributed by atoms with Gasteiger partial charge in [-0.2, -0.15) is 0 Å². The van der Waals surface area contributed by atoms with E-state index in [-0.39, 0.29) is 5.91 Å². The Balaban J connectivity index is 2.01. The largest absolute Gasteiger partial charge is 0.492 e. The van der Waals surface area contributed by atoms with Crippen molar-refractivity contribution in [3.05, 3.63) is 27.7 Å². The lowest BCUT2D eigenvalue weighted by atomic mass is 10.1. The second-order valence-electron chi connectivity index (χ2n) is 5.14. The molecule has 20 heavy (non-hydrogen) atoms. The third-order valence-corrected chi connectivity index (χ3v) is 3.79. The van der Waals surface area contributed by atoms with E-state index in [2.05, 4.69) is 32.6 Å². The van der Waals surface area contributed by atoms with Crippen molar-refractivity contribution in [3.63, 3.8) is 0 Å². The van der Waals surface area contributed by atoms with Gasteiger partial charge in [-0.05, 0) is 37.5 Å². The van der Waals surface area contributed by atoms with Gasteiger partial charge in [0.15, 0.2) is 0 Å². The third-order valence-electron chi connectivity index (χ3n) is 3.33. The molecule has 1 aromatic rings. The second-order valence-corrected chi connectivity index (χ2v) is 6.05. The number of aryl methyl sites for hydroxylation is 1. The molecule has 5 heteroatoms. The van der Waals surface area contributed by atoms with Gasteiger partial charge in [-0.15, -0.1) is 0 Å². The fourth-order valence-corrected chi connectivity index (χ4v) is 2.67. The molecule has 0 bridgehead atoms. The third kappa shape index (κ3) is 4.49. The Bertz CT molecular complexity index is 487. The van der Waals surface area contributed by atoms with Crippen LogP contribution in [0, 0.1) is 6.92 Å². The predicted molar refractivity (Wildman–Crippen MR) is 82.9 cm³/mol. The van der Waals surface area contributed by atoms with Crippen LogP contribution in [0.3, 0.4) is 0 Å². The van der Waals surface area contributed by atoms with Gasteiger partial charge in [0.05, 0.1) is 13.0 Å². The van der Waals surface area contributed by atoms with Crippen molar-refractivity contribution in [2.24, 2.45) is 0 Å². The highest BCUT2D eigenvalue weighted by Gasteiger charge is 2.21. The average molecular weight is 341 g/mol. The summed E-state index contributed by atoms with van der Waals surface area (Å²) in [6.07, 6.45) is 2.90. The van der Waals surface area contributed by atoms with E-state index in [1.807, 2.05) is 13.0 Å². The van der Waals surface area contributed by atoms with Crippen LogP contribution in [0.4, 0.5) is 0 Å². The first-order valence-corrected chi connectivity index (χ1v) is 7.75. The Morgan fingerprint density at radius 1 is 1.45 bits per heavy atom. The number of carbonyl (C=O) groups excluding carboxylic acids is 1. The summed E-state index contributed by atoms with van der Waals surface area (Å²) in [5.74, 6) is 0.891. The van der Waals surface area contributed by atoms with Crippen molar-refractivity contribution in [2.75, 3.05) is 13.7 Å². The molecule has 1 aromatic carbocycles. The highest BCUT2D eigenvalue weighted by Crippen LogP contribution is 2.29. The molecule has 0 saturated heterocycles. The zero-order chi connectivity index (χ0) is 14.5. The first-order valence-electron chi connectivity index (χ1n) is 6.96. The van der Waals surface area contributed by atoms with Gasteiger partial charge in [0.25, 0.3) is 0 Å². The minimum atomic E-state index is -0.00239. The van der Waals surface area contributed by atoms with E-state index in [0.29, 0.717) is 19.1 Å². The van der Waals surface area contributed by atoms with Crippen LogP contribution in [0.25, 0.3) is 0 Å². The summed E-state index contributed by atoms with van der Waals surface area (Å²) in [6, 6.07) is 4.78. The average Bonchev–Trinajstić information content (AvgIpc) is 3.22. The maximum Gasteiger partial charge on any atom is 0.223 e. The number of rotatable bonds is 7. The van der Waals surface area contributed by atoms with E-state index in [4.69, 9.17) is 4.74 Å². The van der Waals surface area contributed by atoms with Crippen molar-refractivity contribution in [1.82, 2.24) is 10.6 Å². The van der Waals surface area contributed by atoms with Crippen molar-refractivity contribution in [3.8, 4) is 5.75 Å². The molecule has 1 aliphatic rings. The number of carbonyl (C=O) groups is 1. The van der Waals surface area contributed by atoms with Gasteiger partial charge in [-0.1, -0.05) is 15.9 Å². The molecule has 0 unspecified atom stereocenters. The van der Waals surface area contributed by atoms with Crippen LogP contribution in [-0.2, 0) is 11.3 Å². The Morgan fingerprint density at radius 3 is 2.85 bits per heavy atom. The second kappa shape index (κ2) is 7.09. The Morgan fingerprint density at radius 2 is 2.20 bits per heavy atom. The molecule has 0 radical (unpaired) electrons. The molecule has 0 aliphatic heterocycles. The number of nitrogens with one attached hydrogen (secondary N) is 2. The zero-order valence-electron chi connectivity index (χ0n) is 12.0. The van der Waals surface area contributed by atoms with Gasteiger partial charge in [-0.3, -0.25) is 4.79 Å².